The number of amides is 1. The van der Waals surface area contributed by atoms with Crippen LogP contribution in [0.25, 0.3) is 0 Å². The summed E-state index contributed by atoms with van der Waals surface area (Å²) in [4.78, 5) is 15.4. The number of aromatic nitrogens is 2. The molecular formula is C26H39FN4O. The molecule has 2 aromatic rings. The Kier molecular flexibility index (Phi) is 6.19. The number of fused-ring (bicyclic) bond motifs is 2. The van der Waals surface area contributed by atoms with E-state index in [-0.39, 0.29) is 24.6 Å². The minimum Gasteiger partial charge on any atom is -0.344 e. The van der Waals surface area contributed by atoms with Crippen LogP contribution in [0.5, 0.6) is 0 Å². The highest BCUT2D eigenvalue weighted by molar-refractivity contribution is 5.92. The van der Waals surface area contributed by atoms with E-state index in [9.17, 15) is 9.18 Å². The van der Waals surface area contributed by atoms with E-state index >= 15 is 0 Å². The van der Waals surface area contributed by atoms with E-state index in [0.29, 0.717) is 11.1 Å². The molecule has 2 heterocycles. The van der Waals surface area contributed by atoms with Gasteiger partial charge in [-0.1, -0.05) is 26.8 Å². The molecule has 1 saturated heterocycles. The fourth-order valence-electron chi connectivity index (χ4n) is 5.27. The minimum absolute atomic E-state index is 0. The maximum atomic E-state index is 14.4. The number of likely N-dealkylation sites (tertiary alicyclic amines) is 1. The molecule has 1 aliphatic heterocycles. The quantitative estimate of drug-likeness (QED) is 0.713. The van der Waals surface area contributed by atoms with Crippen LogP contribution in [0.3, 0.4) is 0 Å². The van der Waals surface area contributed by atoms with Crippen LogP contribution < -0.4 is 5.32 Å². The molecule has 1 N–H and O–H groups in total. The van der Waals surface area contributed by atoms with Gasteiger partial charge in [0.25, 0.3) is 5.91 Å². The normalized spacial score (nSPS) is 20.9. The average molecular weight is 443 g/mol. The summed E-state index contributed by atoms with van der Waals surface area (Å²) in [6, 6.07) is 6.83. The highest BCUT2D eigenvalue weighted by Crippen LogP contribution is 2.48. The fraction of sp³-hybridized carbons (Fsp3) is 0.615. The topological polar surface area (TPSA) is 50.2 Å². The molecule has 32 heavy (non-hydrogen) atoms. The number of hydrogen-bond donors (Lipinski definition) is 1. The number of carbonyl (C=O) groups is 1. The summed E-state index contributed by atoms with van der Waals surface area (Å²) in [7, 11) is 1.84. The lowest BCUT2D eigenvalue weighted by molar-refractivity contribution is 0.0908. The Morgan fingerprint density at radius 2 is 1.97 bits per heavy atom. The lowest BCUT2D eigenvalue weighted by Gasteiger charge is -2.47. The van der Waals surface area contributed by atoms with Crippen molar-refractivity contribution in [2.75, 3.05) is 19.6 Å². The van der Waals surface area contributed by atoms with Gasteiger partial charge in [-0.2, -0.15) is 5.10 Å². The van der Waals surface area contributed by atoms with Crippen molar-refractivity contribution in [3.8, 4) is 0 Å². The number of nitrogens with zero attached hydrogens (tertiary/aromatic N) is 3. The molecule has 1 fully saturated rings. The van der Waals surface area contributed by atoms with Gasteiger partial charge >= 0.3 is 0 Å². The van der Waals surface area contributed by atoms with Crippen molar-refractivity contribution in [2.45, 2.75) is 71.3 Å². The molecular weight excluding hydrogens is 403 g/mol. The summed E-state index contributed by atoms with van der Waals surface area (Å²) in [5, 5.41) is 7.48. The Morgan fingerprint density at radius 3 is 2.59 bits per heavy atom. The van der Waals surface area contributed by atoms with Crippen molar-refractivity contribution in [3.05, 3.63) is 52.6 Å². The molecule has 1 aromatic heterocycles. The maximum absolute atomic E-state index is 14.4. The van der Waals surface area contributed by atoms with E-state index in [0.717, 1.165) is 62.1 Å². The number of rotatable bonds is 4. The molecule has 176 valence electrons. The highest BCUT2D eigenvalue weighted by atomic mass is 19.1. The average Bonchev–Trinajstić information content (AvgIpc) is 3.08. The smallest absolute Gasteiger partial charge is 0.272 e. The van der Waals surface area contributed by atoms with Gasteiger partial charge in [0, 0.05) is 14.2 Å². The Bertz CT molecular complexity index is 969. The molecule has 0 unspecified atom stereocenters. The predicted octanol–water partition coefficient (Wildman–Crippen LogP) is 5.15. The number of halogens is 1. The van der Waals surface area contributed by atoms with Gasteiger partial charge in [-0.05, 0) is 98.8 Å². The Labute approximate surface area is 192 Å². The van der Waals surface area contributed by atoms with Crippen molar-refractivity contribution in [2.24, 2.45) is 12.5 Å². The molecule has 1 aromatic carbocycles. The van der Waals surface area contributed by atoms with Gasteiger partial charge in [-0.25, -0.2) is 4.39 Å². The van der Waals surface area contributed by atoms with Gasteiger partial charge in [-0.15, -0.1) is 0 Å². The van der Waals surface area contributed by atoms with Crippen LogP contribution in [0.15, 0.2) is 24.3 Å². The Hall–Kier alpha value is -2.21. The van der Waals surface area contributed by atoms with Crippen molar-refractivity contribution in [3.63, 3.8) is 0 Å². The number of piperidine rings is 1. The molecule has 6 heteroatoms. The van der Waals surface area contributed by atoms with E-state index in [1.54, 1.807) is 16.8 Å². The van der Waals surface area contributed by atoms with Gasteiger partial charge in [0.2, 0.25) is 0 Å². The first-order valence-electron chi connectivity index (χ1n) is 11.9. The third kappa shape index (κ3) is 4.75. The number of aryl methyl sites for hydroxylation is 2. The van der Waals surface area contributed by atoms with Crippen LogP contribution in [-0.2, 0) is 12.5 Å². The summed E-state index contributed by atoms with van der Waals surface area (Å²) in [5.41, 5.74) is 3.90. The van der Waals surface area contributed by atoms with Crippen LogP contribution in [0.1, 0.15) is 87.7 Å². The Balaban J connectivity index is 0.00000306. The number of benzene rings is 1. The van der Waals surface area contributed by atoms with Crippen molar-refractivity contribution >= 4 is 5.91 Å². The molecule has 1 aliphatic carbocycles. The van der Waals surface area contributed by atoms with E-state index in [4.69, 9.17) is 0 Å². The second-order valence-electron chi connectivity index (χ2n) is 11.0. The second-order valence-corrected chi connectivity index (χ2v) is 11.0. The van der Waals surface area contributed by atoms with Crippen LogP contribution in [0.4, 0.5) is 4.39 Å². The molecule has 0 saturated carbocycles. The molecule has 0 bridgehead atoms. The Morgan fingerprint density at radius 1 is 1.25 bits per heavy atom. The molecule has 2 aliphatic rings. The third-order valence-corrected chi connectivity index (χ3v) is 7.52. The molecule has 1 amide bonds. The molecule has 0 radical (unpaired) electrons. The fourth-order valence-corrected chi connectivity index (χ4v) is 5.27. The maximum Gasteiger partial charge on any atom is 0.272 e. The zero-order chi connectivity index (χ0) is 23.1. The minimum atomic E-state index is -0.189. The first-order chi connectivity index (χ1) is 15.1. The zero-order valence-electron chi connectivity index (χ0n) is 20.2. The molecule has 4 rings (SSSR count). The van der Waals surface area contributed by atoms with Crippen molar-refractivity contribution in [1.29, 1.82) is 0 Å². The highest BCUT2D eigenvalue weighted by Gasteiger charge is 2.42. The first-order valence-corrected chi connectivity index (χ1v) is 11.9. The van der Waals surface area contributed by atoms with Crippen LogP contribution in [-0.4, -0.2) is 40.2 Å². The molecule has 1 spiro atoms. The second kappa shape index (κ2) is 8.62. The first kappa shape index (κ1) is 23.0. The van der Waals surface area contributed by atoms with E-state index in [1.165, 1.54) is 12.5 Å². The summed E-state index contributed by atoms with van der Waals surface area (Å²) in [6.07, 6.45) is 5.13. The van der Waals surface area contributed by atoms with Gasteiger partial charge in [0.15, 0.2) is 0 Å². The third-order valence-electron chi connectivity index (χ3n) is 7.52. The number of hydrogen-bond acceptors (Lipinski definition) is 3. The summed E-state index contributed by atoms with van der Waals surface area (Å²) in [5.74, 6) is -0.354. The van der Waals surface area contributed by atoms with Gasteiger partial charge in [-0.3, -0.25) is 9.48 Å². The summed E-state index contributed by atoms with van der Waals surface area (Å²) >= 11 is 0. The van der Waals surface area contributed by atoms with Crippen molar-refractivity contribution < 1.29 is 10.6 Å². The standard InChI is InChI=1S/C26H37FN4O.H2/c1-18-16-23(29-30(18)5)24(32)28-22-8-9-26(21-17-19(27)6-7-20(21)22)11-14-31(15-12-26)13-10-25(2,3)4;/h6-7,16-17,22H,8-15H2,1-5H3,(H,28,32);1H/t22-;/m1./s1. The van der Waals surface area contributed by atoms with E-state index in [1.807, 2.05) is 20.0 Å². The number of carbonyl (C=O) groups excluding carboxylic acids is 1. The van der Waals surface area contributed by atoms with E-state index < -0.39 is 0 Å². The van der Waals surface area contributed by atoms with E-state index in [2.05, 4.69) is 36.1 Å². The van der Waals surface area contributed by atoms with Crippen LogP contribution in [0, 0.1) is 18.2 Å². The number of nitrogens with one attached hydrogen (secondary N) is 1. The summed E-state index contributed by atoms with van der Waals surface area (Å²) in [6.45, 7) is 12.0. The lowest BCUT2D eigenvalue weighted by Crippen LogP contribution is -2.46. The van der Waals surface area contributed by atoms with Crippen molar-refractivity contribution in [1.82, 2.24) is 20.0 Å². The largest absolute Gasteiger partial charge is 0.344 e. The van der Waals surface area contributed by atoms with Crippen LogP contribution in [0.2, 0.25) is 0 Å². The summed E-state index contributed by atoms with van der Waals surface area (Å²) < 4.78 is 16.1. The van der Waals surface area contributed by atoms with Gasteiger partial charge in [0.05, 0.1) is 6.04 Å². The zero-order valence-corrected chi connectivity index (χ0v) is 20.2. The monoisotopic (exact) mass is 442 g/mol. The molecule has 5 nitrogen and oxygen atoms in total. The molecule has 1 atom stereocenters. The van der Waals surface area contributed by atoms with Crippen LogP contribution >= 0.6 is 0 Å². The lowest BCUT2D eigenvalue weighted by atomic mass is 9.63. The van der Waals surface area contributed by atoms with Gasteiger partial charge in [0.1, 0.15) is 11.5 Å². The predicted molar refractivity (Wildman–Crippen MR) is 127 cm³/mol. The van der Waals surface area contributed by atoms with Gasteiger partial charge < -0.3 is 10.2 Å². The SMILES string of the molecule is Cc1cc(C(=O)N[C@@H]2CCC3(CCN(CCC(C)(C)C)CC3)c3cc(F)ccc32)nn1C.[HH].